The van der Waals surface area contributed by atoms with E-state index in [1.807, 2.05) is 17.5 Å². The maximum atomic E-state index is 12.2. The Balaban J connectivity index is 1.87. The molecule has 2 N–H and O–H groups in total. The highest BCUT2D eigenvalue weighted by Crippen LogP contribution is 2.14. The molecule has 10 heteroatoms. The van der Waals surface area contributed by atoms with E-state index >= 15 is 0 Å². The minimum absolute atomic E-state index is 0.0152. The van der Waals surface area contributed by atoms with Crippen molar-refractivity contribution in [2.75, 3.05) is 13.7 Å². The Morgan fingerprint density at radius 3 is 2.76 bits per heavy atom. The van der Waals surface area contributed by atoms with Crippen LogP contribution >= 0.6 is 11.3 Å². The van der Waals surface area contributed by atoms with Crippen molar-refractivity contribution in [3.63, 3.8) is 0 Å². The van der Waals surface area contributed by atoms with Crippen molar-refractivity contribution < 1.29 is 22.7 Å². The number of esters is 1. The van der Waals surface area contributed by atoms with Gasteiger partial charge in [-0.25, -0.2) is 17.9 Å². The van der Waals surface area contributed by atoms with Crippen LogP contribution < -0.4 is 10.0 Å². The molecule has 0 atom stereocenters. The van der Waals surface area contributed by atoms with Crippen LogP contribution in [0, 0.1) is 0 Å². The SMILES string of the molecule is COC(=O)c1cc(S(=O)(=O)NCCC(=O)NCc2cccs2)cn1C. The predicted octanol–water partition coefficient (Wildman–Crippen LogP) is 0.858. The van der Waals surface area contributed by atoms with Gasteiger partial charge in [-0.15, -0.1) is 11.3 Å². The number of ether oxygens (including phenoxy) is 1. The Morgan fingerprint density at radius 2 is 2.12 bits per heavy atom. The number of methoxy groups -OCH3 is 1. The molecule has 2 aromatic heterocycles. The molecule has 0 bridgehead atoms. The molecule has 136 valence electrons. The Bertz CT molecular complexity index is 841. The fourth-order valence-electron chi connectivity index (χ4n) is 2.06. The van der Waals surface area contributed by atoms with Gasteiger partial charge in [0.1, 0.15) is 10.6 Å². The second-order valence-electron chi connectivity index (χ2n) is 5.17. The normalized spacial score (nSPS) is 11.3. The molecular weight excluding hydrogens is 366 g/mol. The molecule has 0 saturated heterocycles. The number of aryl methyl sites for hydroxylation is 1. The largest absolute Gasteiger partial charge is 0.464 e. The molecule has 0 saturated carbocycles. The lowest BCUT2D eigenvalue weighted by molar-refractivity contribution is -0.121. The predicted molar refractivity (Wildman–Crippen MR) is 92.7 cm³/mol. The summed E-state index contributed by atoms with van der Waals surface area (Å²) >= 11 is 1.53. The van der Waals surface area contributed by atoms with Crippen molar-refractivity contribution in [3.8, 4) is 0 Å². The minimum Gasteiger partial charge on any atom is -0.464 e. The summed E-state index contributed by atoms with van der Waals surface area (Å²) in [4.78, 5) is 24.2. The number of nitrogens with zero attached hydrogens (tertiary/aromatic N) is 1. The van der Waals surface area contributed by atoms with Crippen molar-refractivity contribution in [3.05, 3.63) is 40.3 Å². The molecule has 0 unspecified atom stereocenters. The lowest BCUT2D eigenvalue weighted by atomic mass is 10.4. The third-order valence-electron chi connectivity index (χ3n) is 3.37. The molecule has 1 amide bonds. The molecule has 8 nitrogen and oxygen atoms in total. The molecule has 0 radical (unpaired) electrons. The van der Waals surface area contributed by atoms with Crippen LogP contribution in [0.1, 0.15) is 21.8 Å². The Labute approximate surface area is 149 Å². The number of amides is 1. The molecule has 25 heavy (non-hydrogen) atoms. The highest BCUT2D eigenvalue weighted by atomic mass is 32.2. The standard InChI is InChI=1S/C15H19N3O5S2/c1-18-10-12(8-13(18)15(20)23-2)25(21,22)17-6-5-14(19)16-9-11-4-3-7-24-11/h3-4,7-8,10,17H,5-6,9H2,1-2H3,(H,16,19). The van der Waals surface area contributed by atoms with E-state index in [1.54, 1.807) is 7.05 Å². The van der Waals surface area contributed by atoms with Crippen molar-refractivity contribution in [2.45, 2.75) is 17.9 Å². The van der Waals surface area contributed by atoms with Crippen LogP contribution in [-0.2, 0) is 33.1 Å². The van der Waals surface area contributed by atoms with Gasteiger partial charge < -0.3 is 14.6 Å². The number of hydrogen-bond donors (Lipinski definition) is 2. The molecule has 0 aliphatic heterocycles. The second kappa shape index (κ2) is 8.28. The number of sulfonamides is 1. The molecule has 0 spiro atoms. The van der Waals surface area contributed by atoms with Gasteiger partial charge in [0.2, 0.25) is 15.9 Å². The highest BCUT2D eigenvalue weighted by Gasteiger charge is 2.20. The van der Waals surface area contributed by atoms with Crippen molar-refractivity contribution in [1.82, 2.24) is 14.6 Å². The molecule has 2 aromatic rings. The van der Waals surface area contributed by atoms with Crippen LogP contribution in [0.25, 0.3) is 0 Å². The lowest BCUT2D eigenvalue weighted by Gasteiger charge is -2.06. The van der Waals surface area contributed by atoms with Crippen LogP contribution in [0.15, 0.2) is 34.7 Å². The smallest absolute Gasteiger partial charge is 0.354 e. The summed E-state index contributed by atoms with van der Waals surface area (Å²) in [5, 5.41) is 4.63. The van der Waals surface area contributed by atoms with Crippen LogP contribution in [-0.4, -0.2) is 38.5 Å². The van der Waals surface area contributed by atoms with Crippen molar-refractivity contribution in [1.29, 1.82) is 0 Å². The number of rotatable bonds is 8. The molecule has 2 heterocycles. The Morgan fingerprint density at radius 1 is 1.36 bits per heavy atom. The molecular formula is C15H19N3O5S2. The van der Waals surface area contributed by atoms with Crippen LogP contribution in [0.2, 0.25) is 0 Å². The zero-order valence-electron chi connectivity index (χ0n) is 13.8. The average molecular weight is 385 g/mol. The van der Waals surface area contributed by atoms with Gasteiger partial charge in [0.05, 0.1) is 13.7 Å². The molecule has 0 fully saturated rings. The monoisotopic (exact) mass is 385 g/mol. The number of carbonyl (C=O) groups excluding carboxylic acids is 2. The fraction of sp³-hybridized carbons (Fsp3) is 0.333. The number of aromatic nitrogens is 1. The van der Waals surface area contributed by atoms with Gasteiger partial charge in [-0.1, -0.05) is 6.07 Å². The summed E-state index contributed by atoms with van der Waals surface area (Å²) in [5.41, 5.74) is 0.122. The van der Waals surface area contributed by atoms with Gasteiger partial charge in [-0.2, -0.15) is 0 Å². The first-order valence-electron chi connectivity index (χ1n) is 7.37. The minimum atomic E-state index is -3.81. The first kappa shape index (κ1) is 19.2. The van der Waals surface area contributed by atoms with Gasteiger partial charge in [0.15, 0.2) is 0 Å². The number of thiophene rings is 1. The summed E-state index contributed by atoms with van der Waals surface area (Å²) in [7, 11) is -1.05. The van der Waals surface area contributed by atoms with E-state index in [4.69, 9.17) is 0 Å². The number of hydrogen-bond acceptors (Lipinski definition) is 6. The Kier molecular flexibility index (Phi) is 6.34. The third kappa shape index (κ3) is 5.15. The zero-order chi connectivity index (χ0) is 18.4. The van der Waals surface area contributed by atoms with Gasteiger partial charge in [-0.3, -0.25) is 4.79 Å². The van der Waals surface area contributed by atoms with E-state index in [1.165, 1.54) is 35.3 Å². The summed E-state index contributed by atoms with van der Waals surface area (Å²) < 4.78 is 32.8. The van der Waals surface area contributed by atoms with Crippen LogP contribution in [0.5, 0.6) is 0 Å². The quantitative estimate of drug-likeness (QED) is 0.656. The van der Waals surface area contributed by atoms with Gasteiger partial charge in [0, 0.05) is 31.1 Å². The lowest BCUT2D eigenvalue weighted by Crippen LogP contribution is -2.30. The summed E-state index contributed by atoms with van der Waals surface area (Å²) in [6, 6.07) is 5.02. The van der Waals surface area contributed by atoms with E-state index in [9.17, 15) is 18.0 Å². The van der Waals surface area contributed by atoms with Gasteiger partial charge in [-0.05, 0) is 17.5 Å². The van der Waals surface area contributed by atoms with Crippen LogP contribution in [0.4, 0.5) is 0 Å². The van der Waals surface area contributed by atoms with Crippen molar-refractivity contribution >= 4 is 33.2 Å². The average Bonchev–Trinajstić information content (AvgIpc) is 3.21. The summed E-state index contributed by atoms with van der Waals surface area (Å²) in [6.45, 7) is 0.380. The van der Waals surface area contributed by atoms with Gasteiger partial charge >= 0.3 is 5.97 Å². The van der Waals surface area contributed by atoms with Crippen LogP contribution in [0.3, 0.4) is 0 Å². The second-order valence-corrected chi connectivity index (χ2v) is 7.97. The molecule has 0 aliphatic rings. The number of carbonyl (C=O) groups is 2. The zero-order valence-corrected chi connectivity index (χ0v) is 15.4. The molecule has 0 aliphatic carbocycles. The first-order valence-corrected chi connectivity index (χ1v) is 9.73. The summed E-state index contributed by atoms with van der Waals surface area (Å²) in [6.07, 6.45) is 1.33. The molecule has 0 aromatic carbocycles. The topological polar surface area (TPSA) is 106 Å². The van der Waals surface area contributed by atoms with Gasteiger partial charge in [0.25, 0.3) is 0 Å². The molecule has 2 rings (SSSR count). The Hall–Kier alpha value is -2.17. The first-order chi connectivity index (χ1) is 11.8. The van der Waals surface area contributed by atoms with E-state index in [0.29, 0.717) is 6.54 Å². The fourth-order valence-corrected chi connectivity index (χ4v) is 3.80. The van der Waals surface area contributed by atoms with E-state index in [-0.39, 0.29) is 29.5 Å². The van der Waals surface area contributed by atoms with E-state index < -0.39 is 16.0 Å². The maximum absolute atomic E-state index is 12.2. The number of nitrogens with one attached hydrogen (secondary N) is 2. The van der Waals surface area contributed by atoms with E-state index in [2.05, 4.69) is 14.8 Å². The summed E-state index contributed by atoms with van der Waals surface area (Å²) in [5.74, 6) is -0.878. The van der Waals surface area contributed by atoms with E-state index in [0.717, 1.165) is 4.88 Å². The third-order valence-corrected chi connectivity index (χ3v) is 5.67. The maximum Gasteiger partial charge on any atom is 0.354 e. The highest BCUT2D eigenvalue weighted by molar-refractivity contribution is 7.89. The van der Waals surface area contributed by atoms with Crippen molar-refractivity contribution in [2.24, 2.45) is 7.05 Å².